The summed E-state index contributed by atoms with van der Waals surface area (Å²) in [6, 6.07) is 29.1. The van der Waals surface area contributed by atoms with Gasteiger partial charge in [-0.25, -0.2) is 4.21 Å². The Morgan fingerprint density at radius 2 is 1.62 bits per heavy atom. The second kappa shape index (κ2) is 15.2. The van der Waals surface area contributed by atoms with E-state index >= 15 is 0 Å². The number of hydrogen-bond donors (Lipinski definition) is 3. The van der Waals surface area contributed by atoms with E-state index in [1.54, 1.807) is 12.1 Å². The summed E-state index contributed by atoms with van der Waals surface area (Å²) in [5.41, 5.74) is 9.05. The van der Waals surface area contributed by atoms with Gasteiger partial charge in [0.2, 0.25) is 5.91 Å². The lowest BCUT2D eigenvalue weighted by atomic mass is 9.77. The lowest BCUT2D eigenvalue weighted by Gasteiger charge is -2.28. The molecule has 1 aliphatic carbocycles. The zero-order valence-corrected chi connectivity index (χ0v) is 28.6. The van der Waals surface area contributed by atoms with E-state index in [1.165, 1.54) is 11.1 Å². The number of amides is 2. The highest BCUT2D eigenvalue weighted by atomic mass is 35.5. The van der Waals surface area contributed by atoms with Crippen LogP contribution in [-0.4, -0.2) is 32.9 Å². The third kappa shape index (κ3) is 9.28. The van der Waals surface area contributed by atoms with E-state index in [-0.39, 0.29) is 24.1 Å². The molecule has 0 aromatic heterocycles. The van der Waals surface area contributed by atoms with Gasteiger partial charge in [-0.05, 0) is 113 Å². The van der Waals surface area contributed by atoms with Gasteiger partial charge in [0.05, 0.1) is 11.7 Å². The van der Waals surface area contributed by atoms with Crippen molar-refractivity contribution in [3.63, 3.8) is 0 Å². The lowest BCUT2D eigenvalue weighted by Crippen LogP contribution is -2.27. The molecule has 244 valence electrons. The number of allylic oxidation sites excluding steroid dienone is 2. The first-order valence-electron chi connectivity index (χ1n) is 15.9. The van der Waals surface area contributed by atoms with E-state index in [1.807, 2.05) is 61.5 Å². The number of hydrogen-bond acceptors (Lipinski definition) is 3. The summed E-state index contributed by atoms with van der Waals surface area (Å²) in [5.74, 6) is -0.936. The summed E-state index contributed by atoms with van der Waals surface area (Å²) in [5, 5.41) is 6.48. The number of halogens is 1. The summed E-state index contributed by atoms with van der Waals surface area (Å²) in [6.07, 6.45) is 6.03. The third-order valence-electron chi connectivity index (χ3n) is 8.84. The topological polar surface area (TPSA) is 95.5 Å². The maximum absolute atomic E-state index is 13.9. The molecule has 0 saturated heterocycles. The Bertz CT molecular complexity index is 1780. The second-order valence-electron chi connectivity index (χ2n) is 13.0. The molecule has 1 unspecified atom stereocenters. The van der Waals surface area contributed by atoms with Crippen LogP contribution in [0.3, 0.4) is 0 Å². The average Bonchev–Trinajstić information content (AvgIpc) is 3.04. The van der Waals surface area contributed by atoms with Gasteiger partial charge >= 0.3 is 0 Å². The molecule has 0 aliphatic heterocycles. The van der Waals surface area contributed by atoms with Crippen LogP contribution >= 0.6 is 11.6 Å². The standard InChI is InChI=1S/C39H41ClN2O4S/c1-26-24-33(40)14-17-35(26)30-12-15-34(16-13-30)42-38(44)36(25-27-4-6-32(7-5-27)37(43)41-22-23-47(45)46)31-10-8-28(9-11-31)29-18-20-39(2,3)21-19-29/h4-18,24,36H,19-23,25H2,1-3H3,(H,41,43)(H,42,44)(H,45,46)/t36-/m0/s1. The van der Waals surface area contributed by atoms with Crippen LogP contribution in [-0.2, 0) is 22.3 Å². The van der Waals surface area contributed by atoms with Gasteiger partial charge in [0, 0.05) is 22.8 Å². The number of carbonyl (C=O) groups excluding carboxylic acids is 2. The van der Waals surface area contributed by atoms with Crippen molar-refractivity contribution in [2.45, 2.75) is 52.4 Å². The Hall–Kier alpha value is -4.04. The van der Waals surface area contributed by atoms with Crippen LogP contribution in [0, 0.1) is 12.3 Å². The maximum Gasteiger partial charge on any atom is 0.251 e. The van der Waals surface area contributed by atoms with Crippen molar-refractivity contribution in [3.8, 4) is 11.1 Å². The van der Waals surface area contributed by atoms with Gasteiger partial charge in [0.1, 0.15) is 0 Å². The van der Waals surface area contributed by atoms with Crippen molar-refractivity contribution < 1.29 is 18.4 Å². The highest BCUT2D eigenvalue weighted by Gasteiger charge is 2.24. The number of rotatable bonds is 11. The predicted molar refractivity (Wildman–Crippen MR) is 193 cm³/mol. The molecular formula is C39H41ClN2O4S. The first-order valence-corrected chi connectivity index (χ1v) is 17.5. The largest absolute Gasteiger partial charge is 0.351 e. The number of nitrogens with one attached hydrogen (secondary N) is 2. The Kier molecular flexibility index (Phi) is 11.1. The molecule has 2 amide bonds. The van der Waals surface area contributed by atoms with Crippen molar-refractivity contribution in [2.75, 3.05) is 17.6 Å². The SMILES string of the molecule is Cc1cc(Cl)ccc1-c1ccc(NC(=O)[C@@H](Cc2ccc(C(=O)NCCS(=O)O)cc2)c2ccc(C3=CCC(C)(C)CC3)cc2)cc1. The van der Waals surface area contributed by atoms with E-state index in [0.717, 1.165) is 47.1 Å². The number of aryl methyl sites for hydroxylation is 1. The van der Waals surface area contributed by atoms with Crippen molar-refractivity contribution in [3.05, 3.63) is 130 Å². The quantitative estimate of drug-likeness (QED) is 0.139. The Morgan fingerprint density at radius 1 is 0.936 bits per heavy atom. The first kappa shape index (κ1) is 34.3. The molecule has 0 radical (unpaired) electrons. The second-order valence-corrected chi connectivity index (χ2v) is 14.5. The highest BCUT2D eigenvalue weighted by Crippen LogP contribution is 2.38. The van der Waals surface area contributed by atoms with Gasteiger partial charge in [-0.15, -0.1) is 0 Å². The maximum atomic E-state index is 13.9. The molecule has 8 heteroatoms. The van der Waals surface area contributed by atoms with E-state index in [0.29, 0.717) is 28.1 Å². The molecule has 6 nitrogen and oxygen atoms in total. The summed E-state index contributed by atoms with van der Waals surface area (Å²) in [4.78, 5) is 26.4. The lowest BCUT2D eigenvalue weighted by molar-refractivity contribution is -0.117. The monoisotopic (exact) mass is 668 g/mol. The summed E-state index contributed by atoms with van der Waals surface area (Å²) >= 11 is 4.18. The van der Waals surface area contributed by atoms with Crippen LogP contribution in [0.4, 0.5) is 5.69 Å². The summed E-state index contributed by atoms with van der Waals surface area (Å²) in [7, 11) is 0. The Balaban J connectivity index is 1.35. The molecule has 2 atom stereocenters. The van der Waals surface area contributed by atoms with Crippen LogP contribution in [0.2, 0.25) is 5.02 Å². The number of benzene rings is 4. The van der Waals surface area contributed by atoms with Crippen LogP contribution < -0.4 is 10.6 Å². The molecule has 0 saturated carbocycles. The zero-order valence-electron chi connectivity index (χ0n) is 27.0. The van der Waals surface area contributed by atoms with Gasteiger partial charge in [-0.3, -0.25) is 9.59 Å². The Labute approximate surface area is 284 Å². The van der Waals surface area contributed by atoms with Crippen LogP contribution in [0.5, 0.6) is 0 Å². The predicted octanol–water partition coefficient (Wildman–Crippen LogP) is 8.83. The smallest absolute Gasteiger partial charge is 0.251 e. The molecule has 5 rings (SSSR count). The van der Waals surface area contributed by atoms with Gasteiger partial charge in [0.15, 0.2) is 11.1 Å². The minimum atomic E-state index is -1.97. The fourth-order valence-electron chi connectivity index (χ4n) is 5.93. The summed E-state index contributed by atoms with van der Waals surface area (Å²) < 4.78 is 19.8. The molecule has 0 heterocycles. The normalized spacial score (nSPS) is 15.3. The molecule has 47 heavy (non-hydrogen) atoms. The molecule has 0 bridgehead atoms. The van der Waals surface area contributed by atoms with E-state index in [2.05, 4.69) is 54.8 Å². The fraction of sp³-hybridized carbons (Fsp3) is 0.282. The molecule has 1 aliphatic rings. The van der Waals surface area contributed by atoms with Gasteiger partial charge < -0.3 is 15.2 Å². The van der Waals surface area contributed by atoms with E-state index < -0.39 is 17.0 Å². The average molecular weight is 669 g/mol. The number of carbonyl (C=O) groups is 2. The molecule has 0 spiro atoms. The minimum Gasteiger partial charge on any atom is -0.351 e. The van der Waals surface area contributed by atoms with Gasteiger partial charge in [-0.2, -0.15) is 0 Å². The molecule has 3 N–H and O–H groups in total. The van der Waals surface area contributed by atoms with E-state index in [9.17, 15) is 13.8 Å². The van der Waals surface area contributed by atoms with Crippen LogP contribution in [0.25, 0.3) is 16.7 Å². The van der Waals surface area contributed by atoms with Crippen molar-refractivity contribution >= 4 is 45.8 Å². The molecule has 4 aromatic carbocycles. The van der Waals surface area contributed by atoms with E-state index in [4.69, 9.17) is 16.2 Å². The number of anilines is 1. The molecule has 0 fully saturated rings. The summed E-state index contributed by atoms with van der Waals surface area (Å²) in [6.45, 7) is 6.74. The van der Waals surface area contributed by atoms with Crippen LogP contribution in [0.15, 0.2) is 97.1 Å². The van der Waals surface area contributed by atoms with Gasteiger partial charge in [-0.1, -0.05) is 86.1 Å². The molecular weight excluding hydrogens is 628 g/mol. The fourth-order valence-corrected chi connectivity index (χ4v) is 6.43. The van der Waals surface area contributed by atoms with Crippen LogP contribution in [0.1, 0.15) is 71.6 Å². The highest BCUT2D eigenvalue weighted by molar-refractivity contribution is 7.79. The third-order valence-corrected chi connectivity index (χ3v) is 9.63. The van der Waals surface area contributed by atoms with Crippen molar-refractivity contribution in [2.24, 2.45) is 5.41 Å². The van der Waals surface area contributed by atoms with Crippen molar-refractivity contribution in [1.82, 2.24) is 5.32 Å². The molecule has 4 aromatic rings. The minimum absolute atomic E-state index is 0.0296. The van der Waals surface area contributed by atoms with Gasteiger partial charge in [0.25, 0.3) is 5.91 Å². The van der Waals surface area contributed by atoms with Crippen molar-refractivity contribution in [1.29, 1.82) is 0 Å². The zero-order chi connectivity index (χ0) is 33.6. The Morgan fingerprint density at radius 3 is 2.23 bits per heavy atom. The first-order chi connectivity index (χ1) is 22.5.